The Morgan fingerprint density at radius 3 is 2.63 bits per heavy atom. The minimum Gasteiger partial charge on any atom is -0.497 e. The van der Waals surface area contributed by atoms with E-state index >= 15 is 4.39 Å². The molecular formula is C20H25F3N4O3. The van der Waals surface area contributed by atoms with Crippen LogP contribution >= 0.6 is 0 Å². The number of halogens is 3. The van der Waals surface area contributed by atoms with Crippen LogP contribution < -0.4 is 27.6 Å². The predicted octanol–water partition coefficient (Wildman–Crippen LogP) is -0.569. The highest BCUT2D eigenvalue weighted by Gasteiger charge is 2.53. The molecule has 3 aliphatic carbocycles. The average molecular weight is 426 g/mol. The summed E-state index contributed by atoms with van der Waals surface area (Å²) in [6.45, 7) is 0.645. The highest BCUT2D eigenvalue weighted by atomic mass is 19.3. The van der Waals surface area contributed by atoms with Gasteiger partial charge in [-0.25, -0.2) is 18.0 Å². The van der Waals surface area contributed by atoms with Crippen molar-refractivity contribution in [2.75, 3.05) is 20.2 Å². The van der Waals surface area contributed by atoms with Gasteiger partial charge in [0.1, 0.15) is 18.0 Å². The molecule has 1 aromatic heterocycles. The van der Waals surface area contributed by atoms with Crippen molar-refractivity contribution in [1.29, 1.82) is 0 Å². The van der Waals surface area contributed by atoms with Gasteiger partial charge in [0.05, 0.1) is 23.7 Å². The number of H-pyrrole nitrogens is 1. The van der Waals surface area contributed by atoms with E-state index in [1.807, 2.05) is 0 Å². The van der Waals surface area contributed by atoms with E-state index in [4.69, 9.17) is 10.5 Å². The van der Waals surface area contributed by atoms with Crippen molar-refractivity contribution in [2.45, 2.75) is 55.9 Å². The summed E-state index contributed by atoms with van der Waals surface area (Å²) < 4.78 is 50.7. The number of aromatic nitrogens is 2. The highest BCUT2D eigenvalue weighted by molar-refractivity contribution is 5.53. The number of alkyl halides is 3. The first-order valence-electron chi connectivity index (χ1n) is 10.4. The summed E-state index contributed by atoms with van der Waals surface area (Å²) in [6, 6.07) is -2.22. The van der Waals surface area contributed by atoms with E-state index in [1.54, 1.807) is 4.90 Å². The fourth-order valence-electron chi connectivity index (χ4n) is 5.50. The van der Waals surface area contributed by atoms with Crippen LogP contribution in [0.15, 0.2) is 9.59 Å². The van der Waals surface area contributed by atoms with Gasteiger partial charge in [-0.2, -0.15) is 0 Å². The highest BCUT2D eigenvalue weighted by Crippen LogP contribution is 2.44. The molecule has 1 saturated heterocycles. The Morgan fingerprint density at radius 1 is 1.23 bits per heavy atom. The number of fused-ring (bicyclic) bond motifs is 2. The molecule has 5 rings (SSSR count). The molecule has 2 saturated carbocycles. The zero-order valence-corrected chi connectivity index (χ0v) is 16.6. The third-order valence-electron chi connectivity index (χ3n) is 7.15. The lowest BCUT2D eigenvalue weighted by Gasteiger charge is -2.37. The van der Waals surface area contributed by atoms with Crippen molar-refractivity contribution in [2.24, 2.45) is 17.6 Å². The van der Waals surface area contributed by atoms with Crippen molar-refractivity contribution in [3.63, 3.8) is 0 Å². The summed E-state index contributed by atoms with van der Waals surface area (Å²) in [5.74, 6) is -3.21. The van der Waals surface area contributed by atoms with Crippen LogP contribution in [0.1, 0.15) is 31.7 Å². The van der Waals surface area contributed by atoms with Gasteiger partial charge in [-0.1, -0.05) is 0 Å². The SMILES string of the molecule is COC1=c2c(c(=O)[nH]c(=O)n2C2CC2)=CC(F)C1N1CC2CCC(F)(F)C(N)C2C1. The Morgan fingerprint density at radius 2 is 1.97 bits per heavy atom. The maximum Gasteiger partial charge on any atom is 0.329 e. The molecule has 7 nitrogen and oxygen atoms in total. The minimum atomic E-state index is -2.93. The van der Waals surface area contributed by atoms with Crippen LogP contribution in [-0.4, -0.2) is 58.8 Å². The lowest BCUT2D eigenvalue weighted by atomic mass is 9.76. The number of nitrogens with two attached hydrogens (primary N) is 1. The number of nitrogens with zero attached hydrogens (tertiary/aromatic N) is 2. The lowest BCUT2D eigenvalue weighted by molar-refractivity contribution is -0.0796. The van der Waals surface area contributed by atoms with Crippen molar-refractivity contribution in [1.82, 2.24) is 14.5 Å². The topological polar surface area (TPSA) is 93.3 Å². The molecule has 5 unspecified atom stereocenters. The fourth-order valence-corrected chi connectivity index (χ4v) is 5.50. The van der Waals surface area contributed by atoms with Crippen LogP contribution in [0.25, 0.3) is 11.8 Å². The molecule has 0 bridgehead atoms. The molecule has 10 heteroatoms. The maximum atomic E-state index is 15.4. The van der Waals surface area contributed by atoms with E-state index in [9.17, 15) is 18.4 Å². The Labute approximate surface area is 170 Å². The van der Waals surface area contributed by atoms with Crippen LogP contribution in [0.4, 0.5) is 13.2 Å². The van der Waals surface area contributed by atoms with Crippen LogP contribution in [-0.2, 0) is 4.74 Å². The van der Waals surface area contributed by atoms with Crippen molar-refractivity contribution in [3.8, 4) is 0 Å². The summed E-state index contributed by atoms with van der Waals surface area (Å²) in [5.41, 5.74) is 4.67. The standard InChI is InChI=1S/C20H25F3N4O3/c1-30-16-14-11(18(28)25-19(29)27(14)10-2-3-10)6-13(21)15(16)26-7-9-4-5-20(22,23)17(24)12(9)8-26/h6,9-10,12-13,15,17H,2-5,7-8,24H2,1H3,(H,25,28,29). The Bertz CT molecular complexity index is 1110. The molecule has 0 spiro atoms. The van der Waals surface area contributed by atoms with E-state index in [1.165, 1.54) is 17.8 Å². The zero-order valence-electron chi connectivity index (χ0n) is 16.6. The molecule has 164 valence electrons. The monoisotopic (exact) mass is 426 g/mol. The number of rotatable bonds is 3. The number of hydrogen-bond acceptors (Lipinski definition) is 5. The maximum absolute atomic E-state index is 15.4. The van der Waals surface area contributed by atoms with Crippen LogP contribution in [0.5, 0.6) is 0 Å². The normalized spacial score (nSPS) is 35.5. The van der Waals surface area contributed by atoms with Gasteiger partial charge >= 0.3 is 5.69 Å². The second kappa shape index (κ2) is 6.71. The second-order valence-corrected chi connectivity index (χ2v) is 8.95. The van der Waals surface area contributed by atoms with Crippen LogP contribution in [0, 0.1) is 11.8 Å². The van der Waals surface area contributed by atoms with Crippen LogP contribution in [0.2, 0.25) is 0 Å². The first kappa shape index (κ1) is 19.9. The molecule has 4 aliphatic rings. The average Bonchev–Trinajstić information content (AvgIpc) is 3.43. The summed E-state index contributed by atoms with van der Waals surface area (Å²) in [6.07, 6.45) is 1.29. The molecule has 2 heterocycles. The van der Waals surface area contributed by atoms with Crippen molar-refractivity contribution in [3.05, 3.63) is 31.4 Å². The molecule has 5 atom stereocenters. The molecule has 30 heavy (non-hydrogen) atoms. The first-order valence-corrected chi connectivity index (χ1v) is 10.4. The van der Waals surface area contributed by atoms with Gasteiger partial charge in [-0.05, 0) is 37.2 Å². The van der Waals surface area contributed by atoms with Crippen LogP contribution in [0.3, 0.4) is 0 Å². The molecule has 1 aliphatic heterocycles. The molecular weight excluding hydrogens is 401 g/mol. The minimum absolute atomic E-state index is 0.0453. The molecule has 0 amide bonds. The van der Waals surface area contributed by atoms with Gasteiger partial charge in [0.15, 0.2) is 0 Å². The zero-order chi connectivity index (χ0) is 21.4. The Balaban J connectivity index is 1.62. The van der Waals surface area contributed by atoms with Gasteiger partial charge in [-0.15, -0.1) is 0 Å². The lowest BCUT2D eigenvalue weighted by Crippen LogP contribution is -2.60. The van der Waals surface area contributed by atoms with Crippen molar-refractivity contribution < 1.29 is 17.9 Å². The number of aromatic amines is 1. The number of methoxy groups -OCH3 is 1. The van der Waals surface area contributed by atoms with Gasteiger partial charge in [0, 0.05) is 25.6 Å². The van der Waals surface area contributed by atoms with E-state index in [-0.39, 0.29) is 35.9 Å². The van der Waals surface area contributed by atoms with E-state index in [2.05, 4.69) is 4.98 Å². The van der Waals surface area contributed by atoms with E-state index < -0.39 is 41.3 Å². The molecule has 3 fully saturated rings. The summed E-state index contributed by atoms with van der Waals surface area (Å²) in [7, 11) is 1.38. The first-order chi connectivity index (χ1) is 14.2. The van der Waals surface area contributed by atoms with Gasteiger partial charge in [0.2, 0.25) is 0 Å². The van der Waals surface area contributed by atoms with Gasteiger partial charge < -0.3 is 10.5 Å². The molecule has 3 N–H and O–H groups in total. The Kier molecular flexibility index (Phi) is 4.45. The van der Waals surface area contributed by atoms with E-state index in [0.717, 1.165) is 12.8 Å². The third-order valence-corrected chi connectivity index (χ3v) is 7.15. The number of likely N-dealkylation sites (tertiary alicyclic amines) is 1. The molecule has 0 aromatic carbocycles. The third kappa shape index (κ3) is 2.87. The quantitative estimate of drug-likeness (QED) is 0.676. The summed E-state index contributed by atoms with van der Waals surface area (Å²) in [4.78, 5) is 28.9. The van der Waals surface area contributed by atoms with Gasteiger partial charge in [-0.3, -0.25) is 19.2 Å². The largest absolute Gasteiger partial charge is 0.497 e. The summed E-state index contributed by atoms with van der Waals surface area (Å²) in [5, 5.41) is 0.388. The number of hydrogen-bond donors (Lipinski definition) is 2. The molecule has 0 radical (unpaired) electrons. The molecule has 1 aromatic rings. The van der Waals surface area contributed by atoms with E-state index in [0.29, 0.717) is 18.3 Å². The second-order valence-electron chi connectivity index (χ2n) is 8.95. The number of ether oxygens (including phenoxy) is 1. The fraction of sp³-hybridized carbons (Fsp3) is 0.700. The smallest absolute Gasteiger partial charge is 0.329 e. The van der Waals surface area contributed by atoms with Crippen molar-refractivity contribution >= 4 is 11.8 Å². The number of nitrogens with one attached hydrogen (secondary N) is 1. The predicted molar refractivity (Wildman–Crippen MR) is 103 cm³/mol. The van der Waals surface area contributed by atoms with Gasteiger partial charge in [0.25, 0.3) is 11.5 Å². The Hall–Kier alpha value is -2.07. The summed E-state index contributed by atoms with van der Waals surface area (Å²) >= 11 is 0.